The number of hydrogen-bond acceptors (Lipinski definition) is 4. The van der Waals surface area contributed by atoms with Crippen LogP contribution in [0.5, 0.6) is 5.75 Å². The van der Waals surface area contributed by atoms with E-state index in [0.717, 1.165) is 0 Å². The number of benzene rings is 2. The van der Waals surface area contributed by atoms with Crippen LogP contribution in [-0.4, -0.2) is 16.2 Å². The molecule has 0 spiro atoms. The number of carboxylic acids is 1. The zero-order valence-corrected chi connectivity index (χ0v) is 9.42. The Morgan fingerprint density at radius 2 is 1.78 bits per heavy atom. The molecule has 0 bridgehead atoms. The highest BCUT2D eigenvalue weighted by Crippen LogP contribution is 2.36. The van der Waals surface area contributed by atoms with E-state index in [9.17, 15) is 9.90 Å². The topological polar surface area (TPSA) is 110 Å². The smallest absolute Gasteiger partial charge is 0.339 e. The molecule has 18 heavy (non-hydrogen) atoms. The molecule has 5 heteroatoms. The third-order valence-electron chi connectivity index (χ3n) is 2.63. The van der Waals surface area contributed by atoms with Crippen molar-refractivity contribution < 1.29 is 15.0 Å². The van der Waals surface area contributed by atoms with Gasteiger partial charge < -0.3 is 21.7 Å². The van der Waals surface area contributed by atoms with Gasteiger partial charge in [-0.2, -0.15) is 0 Å². The molecule has 0 unspecified atom stereocenters. The van der Waals surface area contributed by atoms with Gasteiger partial charge in [0.2, 0.25) is 0 Å². The van der Waals surface area contributed by atoms with Crippen LogP contribution in [0.3, 0.4) is 0 Å². The SMILES string of the molecule is Nc1ccc(N)c(-c2cccc(C(=O)O)c2O)c1. The summed E-state index contributed by atoms with van der Waals surface area (Å²) >= 11 is 0. The zero-order chi connectivity index (χ0) is 13.3. The van der Waals surface area contributed by atoms with Gasteiger partial charge in [-0.15, -0.1) is 0 Å². The van der Waals surface area contributed by atoms with Gasteiger partial charge in [0, 0.05) is 22.5 Å². The Morgan fingerprint density at radius 1 is 1.06 bits per heavy atom. The standard InChI is InChI=1S/C13H12N2O3/c14-7-4-5-11(15)10(6-7)8-2-1-3-9(12(8)16)13(17)18/h1-6,16H,14-15H2,(H,17,18). The minimum Gasteiger partial charge on any atom is -0.506 e. The molecule has 92 valence electrons. The van der Waals surface area contributed by atoms with Crippen LogP contribution < -0.4 is 11.5 Å². The van der Waals surface area contributed by atoms with Crippen LogP contribution in [0, 0.1) is 0 Å². The van der Waals surface area contributed by atoms with Crippen LogP contribution >= 0.6 is 0 Å². The molecule has 0 fully saturated rings. The van der Waals surface area contributed by atoms with Crippen molar-refractivity contribution in [1.82, 2.24) is 0 Å². The molecule has 0 saturated carbocycles. The lowest BCUT2D eigenvalue weighted by molar-refractivity contribution is 0.0694. The van der Waals surface area contributed by atoms with E-state index in [1.165, 1.54) is 6.07 Å². The first kappa shape index (κ1) is 11.8. The molecule has 2 rings (SSSR count). The highest BCUT2D eigenvalue weighted by molar-refractivity contribution is 5.95. The van der Waals surface area contributed by atoms with Crippen molar-refractivity contribution in [2.45, 2.75) is 0 Å². The Bertz CT molecular complexity index is 624. The van der Waals surface area contributed by atoms with Crippen molar-refractivity contribution >= 4 is 17.3 Å². The molecule has 6 N–H and O–H groups in total. The van der Waals surface area contributed by atoms with Crippen molar-refractivity contribution in [3.05, 3.63) is 42.0 Å². The van der Waals surface area contributed by atoms with Crippen LogP contribution in [-0.2, 0) is 0 Å². The Labute approximate surface area is 103 Å². The molecule has 0 aromatic heterocycles. The van der Waals surface area contributed by atoms with Crippen molar-refractivity contribution in [2.24, 2.45) is 0 Å². The maximum atomic E-state index is 10.9. The highest BCUT2D eigenvalue weighted by atomic mass is 16.4. The Morgan fingerprint density at radius 3 is 2.44 bits per heavy atom. The number of carboxylic acid groups (broad SMARTS) is 1. The molecule has 0 amide bonds. The molecule has 0 atom stereocenters. The Balaban J connectivity index is 2.68. The Hall–Kier alpha value is -2.69. The fourth-order valence-electron chi connectivity index (χ4n) is 1.74. The first-order valence-electron chi connectivity index (χ1n) is 5.21. The lowest BCUT2D eigenvalue weighted by Crippen LogP contribution is -1.99. The number of nitrogens with two attached hydrogens (primary N) is 2. The van der Waals surface area contributed by atoms with E-state index in [4.69, 9.17) is 16.6 Å². The summed E-state index contributed by atoms with van der Waals surface area (Å²) in [5, 5.41) is 18.9. The molecular formula is C13H12N2O3. The predicted octanol–water partition coefficient (Wildman–Crippen LogP) is 1.92. The lowest BCUT2D eigenvalue weighted by Gasteiger charge is -2.10. The third kappa shape index (κ3) is 1.93. The van der Waals surface area contributed by atoms with Gasteiger partial charge in [-0.3, -0.25) is 0 Å². The number of rotatable bonds is 2. The molecule has 0 radical (unpaired) electrons. The van der Waals surface area contributed by atoms with E-state index in [1.54, 1.807) is 30.3 Å². The van der Waals surface area contributed by atoms with Gasteiger partial charge in [0.25, 0.3) is 0 Å². The average molecular weight is 244 g/mol. The van der Waals surface area contributed by atoms with E-state index in [2.05, 4.69) is 0 Å². The quantitative estimate of drug-likeness (QED) is 0.603. The van der Waals surface area contributed by atoms with Crippen LogP contribution in [0.15, 0.2) is 36.4 Å². The first-order valence-corrected chi connectivity index (χ1v) is 5.21. The van der Waals surface area contributed by atoms with Crippen LogP contribution in [0.4, 0.5) is 11.4 Å². The van der Waals surface area contributed by atoms with Gasteiger partial charge in [0.15, 0.2) is 0 Å². The van der Waals surface area contributed by atoms with Gasteiger partial charge in [-0.1, -0.05) is 12.1 Å². The minimum absolute atomic E-state index is 0.172. The second-order valence-electron chi connectivity index (χ2n) is 3.85. The summed E-state index contributed by atoms with van der Waals surface area (Å²) in [6.07, 6.45) is 0. The largest absolute Gasteiger partial charge is 0.506 e. The average Bonchev–Trinajstić information content (AvgIpc) is 2.32. The fraction of sp³-hybridized carbons (Fsp3) is 0. The summed E-state index contributed by atoms with van der Waals surface area (Å²) in [5.41, 5.74) is 13.1. The van der Waals surface area contributed by atoms with E-state index in [1.807, 2.05) is 0 Å². The molecule has 0 aliphatic heterocycles. The first-order chi connectivity index (χ1) is 8.50. The van der Waals surface area contributed by atoms with Crippen molar-refractivity contribution in [3.8, 4) is 16.9 Å². The molecule has 0 saturated heterocycles. The highest BCUT2D eigenvalue weighted by Gasteiger charge is 2.15. The fourth-order valence-corrected chi connectivity index (χ4v) is 1.74. The number of aromatic carboxylic acids is 1. The van der Waals surface area contributed by atoms with Gasteiger partial charge >= 0.3 is 5.97 Å². The zero-order valence-electron chi connectivity index (χ0n) is 9.42. The Kier molecular flexibility index (Phi) is 2.81. The number of para-hydroxylation sites is 1. The molecule has 5 nitrogen and oxygen atoms in total. The van der Waals surface area contributed by atoms with E-state index in [-0.39, 0.29) is 11.3 Å². The number of aromatic hydroxyl groups is 1. The number of anilines is 2. The number of hydrogen-bond donors (Lipinski definition) is 4. The molecule has 2 aromatic carbocycles. The molecule has 0 aliphatic rings. The summed E-state index contributed by atoms with van der Waals surface area (Å²) < 4.78 is 0. The number of carbonyl (C=O) groups is 1. The maximum Gasteiger partial charge on any atom is 0.339 e. The predicted molar refractivity (Wildman–Crippen MR) is 69.3 cm³/mol. The maximum absolute atomic E-state index is 10.9. The van der Waals surface area contributed by atoms with Gasteiger partial charge in [-0.05, 0) is 24.3 Å². The number of nitrogen functional groups attached to an aromatic ring is 2. The molecule has 0 heterocycles. The lowest BCUT2D eigenvalue weighted by atomic mass is 9.99. The van der Waals surface area contributed by atoms with E-state index >= 15 is 0 Å². The van der Waals surface area contributed by atoms with E-state index < -0.39 is 5.97 Å². The summed E-state index contributed by atoms with van der Waals surface area (Å²) in [5.74, 6) is -1.51. The minimum atomic E-state index is -1.20. The summed E-state index contributed by atoms with van der Waals surface area (Å²) in [6.45, 7) is 0. The van der Waals surface area contributed by atoms with Gasteiger partial charge in [0.05, 0.1) is 0 Å². The van der Waals surface area contributed by atoms with Crippen LogP contribution in [0.2, 0.25) is 0 Å². The second kappa shape index (κ2) is 4.29. The molecule has 2 aromatic rings. The normalized spacial score (nSPS) is 10.2. The second-order valence-corrected chi connectivity index (χ2v) is 3.85. The monoisotopic (exact) mass is 244 g/mol. The molecular weight excluding hydrogens is 232 g/mol. The van der Waals surface area contributed by atoms with E-state index in [0.29, 0.717) is 22.5 Å². The third-order valence-corrected chi connectivity index (χ3v) is 2.63. The van der Waals surface area contributed by atoms with Gasteiger partial charge in [0.1, 0.15) is 11.3 Å². The van der Waals surface area contributed by atoms with Crippen LogP contribution in [0.1, 0.15) is 10.4 Å². The van der Waals surface area contributed by atoms with Crippen molar-refractivity contribution in [1.29, 1.82) is 0 Å². The van der Waals surface area contributed by atoms with Crippen molar-refractivity contribution in [3.63, 3.8) is 0 Å². The summed E-state index contributed by atoms with van der Waals surface area (Å²) in [7, 11) is 0. The van der Waals surface area contributed by atoms with Crippen molar-refractivity contribution in [2.75, 3.05) is 11.5 Å². The van der Waals surface area contributed by atoms with Gasteiger partial charge in [-0.25, -0.2) is 4.79 Å². The van der Waals surface area contributed by atoms with Crippen LogP contribution in [0.25, 0.3) is 11.1 Å². The summed E-state index contributed by atoms with van der Waals surface area (Å²) in [4.78, 5) is 10.9. The molecule has 0 aliphatic carbocycles. The summed E-state index contributed by atoms with van der Waals surface area (Å²) in [6, 6.07) is 9.29. The number of phenols is 1.